The monoisotopic (exact) mass is 358 g/mol. The molecular formula is C19H19FN2O4. The van der Waals surface area contributed by atoms with Gasteiger partial charge >= 0.3 is 0 Å². The van der Waals surface area contributed by atoms with Crippen molar-refractivity contribution in [3.05, 3.63) is 54.3 Å². The molecule has 1 atom stereocenters. The third kappa shape index (κ3) is 4.30. The molecule has 0 saturated carbocycles. The zero-order valence-electron chi connectivity index (χ0n) is 14.3. The molecule has 0 bridgehead atoms. The first kappa shape index (κ1) is 17.7. The fraction of sp³-hybridized carbons (Fsp3) is 0.263. The highest BCUT2D eigenvalue weighted by molar-refractivity contribution is 5.96. The molecule has 2 aromatic rings. The van der Waals surface area contributed by atoms with Crippen LogP contribution in [0.3, 0.4) is 0 Å². The third-order valence-electron chi connectivity index (χ3n) is 4.06. The SMILES string of the molecule is COc1ccc(OCC(=O)N[C@H]2CC(=O)N(c3ccc(F)cc3)C2)cc1. The van der Waals surface area contributed by atoms with E-state index in [2.05, 4.69) is 5.32 Å². The largest absolute Gasteiger partial charge is 0.497 e. The van der Waals surface area contributed by atoms with Crippen molar-refractivity contribution in [1.29, 1.82) is 0 Å². The first-order valence-corrected chi connectivity index (χ1v) is 8.17. The Hall–Kier alpha value is -3.09. The molecule has 6 nitrogen and oxygen atoms in total. The van der Waals surface area contributed by atoms with Crippen molar-refractivity contribution in [2.75, 3.05) is 25.2 Å². The van der Waals surface area contributed by atoms with E-state index in [1.165, 1.54) is 17.0 Å². The number of ether oxygens (including phenoxy) is 2. The molecule has 26 heavy (non-hydrogen) atoms. The minimum absolute atomic E-state index is 0.113. The highest BCUT2D eigenvalue weighted by Gasteiger charge is 2.31. The lowest BCUT2D eigenvalue weighted by Gasteiger charge is -2.17. The number of hydrogen-bond acceptors (Lipinski definition) is 4. The van der Waals surface area contributed by atoms with Gasteiger partial charge in [0, 0.05) is 18.7 Å². The number of rotatable bonds is 6. The van der Waals surface area contributed by atoms with Gasteiger partial charge in [0.15, 0.2) is 6.61 Å². The van der Waals surface area contributed by atoms with Crippen LogP contribution in [0.4, 0.5) is 10.1 Å². The molecule has 1 saturated heterocycles. The summed E-state index contributed by atoms with van der Waals surface area (Å²) in [4.78, 5) is 25.7. The molecule has 1 N–H and O–H groups in total. The van der Waals surface area contributed by atoms with E-state index >= 15 is 0 Å². The molecule has 2 amide bonds. The van der Waals surface area contributed by atoms with Crippen LogP contribution in [0.25, 0.3) is 0 Å². The van der Waals surface area contributed by atoms with Crippen molar-refractivity contribution in [3.8, 4) is 11.5 Å². The van der Waals surface area contributed by atoms with Crippen molar-refractivity contribution in [2.24, 2.45) is 0 Å². The van der Waals surface area contributed by atoms with Gasteiger partial charge < -0.3 is 19.7 Å². The number of nitrogens with zero attached hydrogens (tertiary/aromatic N) is 1. The Morgan fingerprint density at radius 1 is 1.15 bits per heavy atom. The zero-order valence-corrected chi connectivity index (χ0v) is 14.3. The first-order chi connectivity index (χ1) is 12.5. The molecule has 1 aliphatic heterocycles. The van der Waals surface area contributed by atoms with Crippen LogP contribution in [-0.2, 0) is 9.59 Å². The van der Waals surface area contributed by atoms with Crippen LogP contribution >= 0.6 is 0 Å². The van der Waals surface area contributed by atoms with Crippen LogP contribution in [0.1, 0.15) is 6.42 Å². The molecule has 1 fully saturated rings. The lowest BCUT2D eigenvalue weighted by atomic mass is 10.2. The summed E-state index contributed by atoms with van der Waals surface area (Å²) in [5.74, 6) is 0.474. The number of hydrogen-bond donors (Lipinski definition) is 1. The predicted molar refractivity (Wildman–Crippen MR) is 93.8 cm³/mol. The van der Waals surface area contributed by atoms with E-state index in [1.54, 1.807) is 43.5 Å². The van der Waals surface area contributed by atoms with Crippen LogP contribution in [0.5, 0.6) is 11.5 Å². The summed E-state index contributed by atoms with van der Waals surface area (Å²) in [6, 6.07) is 12.3. The molecule has 0 aromatic heterocycles. The van der Waals surface area contributed by atoms with Crippen LogP contribution in [0.2, 0.25) is 0 Å². The summed E-state index contributed by atoms with van der Waals surface area (Å²) in [5, 5.41) is 2.79. The van der Waals surface area contributed by atoms with E-state index in [4.69, 9.17) is 9.47 Å². The Balaban J connectivity index is 1.50. The van der Waals surface area contributed by atoms with E-state index in [0.717, 1.165) is 0 Å². The normalized spacial score (nSPS) is 16.5. The molecule has 0 spiro atoms. The standard InChI is InChI=1S/C19H19FN2O4/c1-25-16-6-8-17(9-7-16)26-12-18(23)21-14-10-19(24)22(11-14)15-4-2-13(20)3-5-15/h2-9,14H,10-12H2,1H3,(H,21,23)/t14-/m0/s1. The second kappa shape index (κ2) is 7.86. The second-order valence-electron chi connectivity index (χ2n) is 5.91. The highest BCUT2D eigenvalue weighted by Crippen LogP contribution is 2.22. The molecule has 1 heterocycles. The summed E-state index contributed by atoms with van der Waals surface area (Å²) in [6.45, 7) is 0.201. The number of halogens is 1. The molecule has 136 valence electrons. The molecule has 3 rings (SSSR count). The maximum absolute atomic E-state index is 13.0. The van der Waals surface area contributed by atoms with Gasteiger partial charge in [-0.1, -0.05) is 0 Å². The van der Waals surface area contributed by atoms with Crippen molar-refractivity contribution >= 4 is 17.5 Å². The van der Waals surface area contributed by atoms with Crippen molar-refractivity contribution in [3.63, 3.8) is 0 Å². The molecule has 1 aliphatic rings. The predicted octanol–water partition coefficient (Wildman–Crippen LogP) is 2.13. The molecular weight excluding hydrogens is 339 g/mol. The molecule has 0 radical (unpaired) electrons. The molecule has 7 heteroatoms. The van der Waals surface area contributed by atoms with E-state index in [1.807, 2.05) is 0 Å². The maximum Gasteiger partial charge on any atom is 0.258 e. The van der Waals surface area contributed by atoms with Gasteiger partial charge in [-0.25, -0.2) is 4.39 Å². The summed E-state index contributed by atoms with van der Waals surface area (Å²) in [7, 11) is 1.57. The summed E-state index contributed by atoms with van der Waals surface area (Å²) in [6.07, 6.45) is 0.200. The van der Waals surface area contributed by atoms with Crippen LogP contribution in [0, 0.1) is 5.82 Å². The Bertz CT molecular complexity index is 777. The Morgan fingerprint density at radius 2 is 1.81 bits per heavy atom. The number of carbonyl (C=O) groups excluding carboxylic acids is 2. The number of methoxy groups -OCH3 is 1. The smallest absolute Gasteiger partial charge is 0.258 e. The van der Waals surface area contributed by atoms with Crippen LogP contribution in [0.15, 0.2) is 48.5 Å². The van der Waals surface area contributed by atoms with Crippen LogP contribution < -0.4 is 19.7 Å². The number of amides is 2. The first-order valence-electron chi connectivity index (χ1n) is 8.17. The van der Waals surface area contributed by atoms with Gasteiger partial charge in [-0.3, -0.25) is 9.59 Å². The Labute approximate surface area is 150 Å². The molecule has 0 aliphatic carbocycles. The number of anilines is 1. The minimum Gasteiger partial charge on any atom is -0.497 e. The highest BCUT2D eigenvalue weighted by atomic mass is 19.1. The minimum atomic E-state index is -0.360. The number of benzene rings is 2. The van der Waals surface area contributed by atoms with Gasteiger partial charge in [-0.15, -0.1) is 0 Å². The second-order valence-corrected chi connectivity index (χ2v) is 5.91. The Kier molecular flexibility index (Phi) is 5.36. The average molecular weight is 358 g/mol. The molecule has 2 aromatic carbocycles. The summed E-state index contributed by atoms with van der Waals surface area (Å²) >= 11 is 0. The fourth-order valence-corrected chi connectivity index (χ4v) is 2.77. The van der Waals surface area contributed by atoms with E-state index in [0.29, 0.717) is 23.7 Å². The maximum atomic E-state index is 13.0. The fourth-order valence-electron chi connectivity index (χ4n) is 2.77. The van der Waals surface area contributed by atoms with Crippen LogP contribution in [-0.4, -0.2) is 38.1 Å². The Morgan fingerprint density at radius 3 is 2.46 bits per heavy atom. The van der Waals surface area contributed by atoms with Crippen molar-refractivity contribution in [1.82, 2.24) is 5.32 Å². The topological polar surface area (TPSA) is 67.9 Å². The zero-order chi connectivity index (χ0) is 18.5. The van der Waals surface area contributed by atoms with E-state index in [9.17, 15) is 14.0 Å². The van der Waals surface area contributed by atoms with Crippen molar-refractivity contribution in [2.45, 2.75) is 12.5 Å². The van der Waals surface area contributed by atoms with Gasteiger partial charge in [0.05, 0.1) is 13.2 Å². The van der Waals surface area contributed by atoms with Gasteiger partial charge in [0.2, 0.25) is 5.91 Å². The third-order valence-corrected chi connectivity index (χ3v) is 4.06. The average Bonchev–Trinajstić information content (AvgIpc) is 3.01. The summed E-state index contributed by atoms with van der Waals surface area (Å²) < 4.78 is 23.5. The number of nitrogens with one attached hydrogen (secondary N) is 1. The van der Waals surface area contributed by atoms with Crippen molar-refractivity contribution < 1.29 is 23.5 Å². The number of carbonyl (C=O) groups is 2. The van der Waals surface area contributed by atoms with Gasteiger partial charge in [-0.05, 0) is 48.5 Å². The lowest BCUT2D eigenvalue weighted by molar-refractivity contribution is -0.123. The summed E-state index contributed by atoms with van der Waals surface area (Å²) in [5.41, 5.74) is 0.614. The van der Waals surface area contributed by atoms with Gasteiger partial charge in [-0.2, -0.15) is 0 Å². The molecule has 0 unspecified atom stereocenters. The van der Waals surface area contributed by atoms with Gasteiger partial charge in [0.1, 0.15) is 17.3 Å². The lowest BCUT2D eigenvalue weighted by Crippen LogP contribution is -2.39. The van der Waals surface area contributed by atoms with E-state index in [-0.39, 0.29) is 36.7 Å². The quantitative estimate of drug-likeness (QED) is 0.859. The van der Waals surface area contributed by atoms with Gasteiger partial charge in [0.25, 0.3) is 5.91 Å². The van der Waals surface area contributed by atoms with E-state index < -0.39 is 0 Å².